The predicted octanol–water partition coefficient (Wildman–Crippen LogP) is 2.07. The maximum Gasteiger partial charge on any atom is 0.264 e. The Bertz CT molecular complexity index is 559. The van der Waals surface area contributed by atoms with Crippen LogP contribution in [0.4, 0.5) is 0 Å². The highest BCUT2D eigenvalue weighted by Crippen LogP contribution is 2.20. The van der Waals surface area contributed by atoms with E-state index in [0.717, 1.165) is 24.3 Å². The molecule has 0 saturated carbocycles. The Morgan fingerprint density at radius 1 is 1.50 bits per heavy atom. The molecular formula is C13H15N3OS. The molecule has 0 unspecified atom stereocenters. The van der Waals surface area contributed by atoms with E-state index in [4.69, 9.17) is 0 Å². The molecule has 0 N–H and O–H groups in total. The molecule has 0 spiro atoms. The van der Waals surface area contributed by atoms with Crippen molar-refractivity contribution in [1.82, 2.24) is 14.7 Å². The number of carbonyl (C=O) groups excluding carboxylic acids is 1. The van der Waals surface area contributed by atoms with Crippen molar-refractivity contribution in [1.29, 1.82) is 0 Å². The number of hydrogen-bond acceptors (Lipinski definition) is 3. The molecule has 18 heavy (non-hydrogen) atoms. The Morgan fingerprint density at radius 3 is 3.17 bits per heavy atom. The summed E-state index contributed by atoms with van der Waals surface area (Å²) in [6.45, 7) is 1.51. The summed E-state index contributed by atoms with van der Waals surface area (Å²) in [5.41, 5.74) is 2.44. The molecule has 94 valence electrons. The van der Waals surface area contributed by atoms with Crippen LogP contribution >= 0.6 is 11.3 Å². The van der Waals surface area contributed by atoms with Crippen molar-refractivity contribution >= 4 is 17.2 Å². The van der Waals surface area contributed by atoms with Gasteiger partial charge < -0.3 is 4.90 Å². The third-order valence-corrected chi connectivity index (χ3v) is 4.23. The largest absolute Gasteiger partial charge is 0.333 e. The van der Waals surface area contributed by atoms with Crippen molar-refractivity contribution in [3.05, 3.63) is 39.8 Å². The van der Waals surface area contributed by atoms with Crippen LogP contribution in [0.2, 0.25) is 0 Å². The number of fused-ring (bicyclic) bond motifs is 1. The zero-order valence-electron chi connectivity index (χ0n) is 10.3. The van der Waals surface area contributed by atoms with Gasteiger partial charge >= 0.3 is 0 Å². The van der Waals surface area contributed by atoms with E-state index >= 15 is 0 Å². The number of thiophene rings is 1. The number of amides is 1. The van der Waals surface area contributed by atoms with Gasteiger partial charge in [0, 0.05) is 31.4 Å². The molecule has 0 aliphatic carbocycles. The summed E-state index contributed by atoms with van der Waals surface area (Å²) in [6.07, 6.45) is 3.89. The smallest absolute Gasteiger partial charge is 0.264 e. The third-order valence-electron chi connectivity index (χ3n) is 3.37. The lowest BCUT2D eigenvalue weighted by molar-refractivity contribution is 0.0751. The quantitative estimate of drug-likeness (QED) is 0.788. The molecular weight excluding hydrogens is 246 g/mol. The van der Waals surface area contributed by atoms with Crippen LogP contribution in [0.5, 0.6) is 0 Å². The van der Waals surface area contributed by atoms with E-state index in [1.54, 1.807) is 0 Å². The molecule has 0 atom stereocenters. The maximum atomic E-state index is 12.3. The van der Waals surface area contributed by atoms with Gasteiger partial charge in [0.2, 0.25) is 0 Å². The molecule has 1 aliphatic rings. The van der Waals surface area contributed by atoms with Gasteiger partial charge in [-0.3, -0.25) is 9.48 Å². The van der Waals surface area contributed by atoms with E-state index in [1.165, 1.54) is 22.6 Å². The summed E-state index contributed by atoms with van der Waals surface area (Å²) in [5.74, 6) is 0.140. The van der Waals surface area contributed by atoms with Gasteiger partial charge in [-0.05, 0) is 24.3 Å². The molecule has 1 aliphatic heterocycles. The van der Waals surface area contributed by atoms with Crippen LogP contribution in [0, 0.1) is 0 Å². The average molecular weight is 261 g/mol. The zero-order chi connectivity index (χ0) is 12.5. The monoisotopic (exact) mass is 261 g/mol. The number of rotatable bonds is 1. The molecule has 0 bridgehead atoms. The van der Waals surface area contributed by atoms with Crippen molar-refractivity contribution in [3.63, 3.8) is 0 Å². The SMILES string of the molecule is Cn1ncc2c1CCCN(C(=O)c1cccs1)C2. The van der Waals surface area contributed by atoms with Crippen molar-refractivity contribution < 1.29 is 4.79 Å². The summed E-state index contributed by atoms with van der Waals surface area (Å²) in [5, 5.41) is 6.22. The normalized spacial score (nSPS) is 15.3. The number of hydrogen-bond donors (Lipinski definition) is 0. The molecule has 2 aromatic heterocycles. The van der Waals surface area contributed by atoms with Gasteiger partial charge in [0.25, 0.3) is 5.91 Å². The van der Waals surface area contributed by atoms with Crippen LogP contribution in [0.1, 0.15) is 27.3 Å². The molecule has 0 saturated heterocycles. The molecule has 3 heterocycles. The van der Waals surface area contributed by atoms with Crippen LogP contribution in [0.25, 0.3) is 0 Å². The first kappa shape index (κ1) is 11.5. The van der Waals surface area contributed by atoms with Crippen LogP contribution in [0.3, 0.4) is 0 Å². The summed E-state index contributed by atoms with van der Waals surface area (Å²) in [4.78, 5) is 15.1. The summed E-state index contributed by atoms with van der Waals surface area (Å²) in [6, 6.07) is 3.81. The lowest BCUT2D eigenvalue weighted by Gasteiger charge is -2.19. The maximum absolute atomic E-state index is 12.3. The highest BCUT2D eigenvalue weighted by Gasteiger charge is 2.22. The lowest BCUT2D eigenvalue weighted by Crippen LogP contribution is -2.29. The minimum atomic E-state index is 0.140. The fourth-order valence-electron chi connectivity index (χ4n) is 2.41. The first-order chi connectivity index (χ1) is 8.75. The third kappa shape index (κ3) is 1.95. The second-order valence-electron chi connectivity index (χ2n) is 4.55. The molecule has 3 rings (SSSR count). The van der Waals surface area contributed by atoms with Crippen molar-refractivity contribution in [2.45, 2.75) is 19.4 Å². The van der Waals surface area contributed by atoms with E-state index in [0.29, 0.717) is 6.54 Å². The Morgan fingerprint density at radius 2 is 2.39 bits per heavy atom. The summed E-state index contributed by atoms with van der Waals surface area (Å²) < 4.78 is 1.93. The van der Waals surface area contributed by atoms with Crippen molar-refractivity contribution in [3.8, 4) is 0 Å². The minimum Gasteiger partial charge on any atom is -0.333 e. The van der Waals surface area contributed by atoms with E-state index in [1.807, 2.05) is 40.3 Å². The Labute approximate surface area is 110 Å². The van der Waals surface area contributed by atoms with E-state index in [2.05, 4.69) is 5.10 Å². The summed E-state index contributed by atoms with van der Waals surface area (Å²) >= 11 is 1.51. The standard InChI is InChI=1S/C13H15N3OS/c1-15-11-4-2-6-16(9-10(11)8-14-15)13(17)12-5-3-7-18-12/h3,5,7-8H,2,4,6,9H2,1H3. The van der Waals surface area contributed by atoms with Crippen molar-refractivity contribution in [2.75, 3.05) is 6.54 Å². The second-order valence-corrected chi connectivity index (χ2v) is 5.50. The number of nitrogens with zero attached hydrogens (tertiary/aromatic N) is 3. The predicted molar refractivity (Wildman–Crippen MR) is 70.6 cm³/mol. The van der Waals surface area contributed by atoms with Gasteiger partial charge in [-0.2, -0.15) is 5.10 Å². The fourth-order valence-corrected chi connectivity index (χ4v) is 3.11. The van der Waals surface area contributed by atoms with Crippen LogP contribution < -0.4 is 0 Å². The second kappa shape index (κ2) is 4.57. The Kier molecular flexibility index (Phi) is 2.91. The molecule has 5 heteroatoms. The number of aryl methyl sites for hydroxylation is 1. The van der Waals surface area contributed by atoms with Crippen LogP contribution in [-0.2, 0) is 20.0 Å². The lowest BCUT2D eigenvalue weighted by atomic mass is 10.2. The Balaban J connectivity index is 1.85. The molecule has 0 radical (unpaired) electrons. The van der Waals surface area contributed by atoms with Gasteiger partial charge in [0.05, 0.1) is 11.1 Å². The van der Waals surface area contributed by atoms with Gasteiger partial charge in [0.15, 0.2) is 0 Å². The van der Waals surface area contributed by atoms with Crippen molar-refractivity contribution in [2.24, 2.45) is 7.05 Å². The minimum absolute atomic E-state index is 0.140. The van der Waals surface area contributed by atoms with E-state index < -0.39 is 0 Å². The Hall–Kier alpha value is -1.62. The van der Waals surface area contributed by atoms with Gasteiger partial charge in [-0.1, -0.05) is 6.07 Å². The average Bonchev–Trinajstić information content (AvgIpc) is 2.95. The number of carbonyl (C=O) groups is 1. The number of aromatic nitrogens is 2. The molecule has 0 aromatic carbocycles. The van der Waals surface area contributed by atoms with Crippen LogP contribution in [-0.4, -0.2) is 27.1 Å². The topological polar surface area (TPSA) is 38.1 Å². The molecule has 0 fully saturated rings. The van der Waals surface area contributed by atoms with Gasteiger partial charge in [0.1, 0.15) is 0 Å². The zero-order valence-corrected chi connectivity index (χ0v) is 11.1. The van der Waals surface area contributed by atoms with Crippen LogP contribution in [0.15, 0.2) is 23.7 Å². The highest BCUT2D eigenvalue weighted by atomic mass is 32.1. The van der Waals surface area contributed by atoms with Gasteiger partial charge in [-0.15, -0.1) is 11.3 Å². The highest BCUT2D eigenvalue weighted by molar-refractivity contribution is 7.12. The molecule has 2 aromatic rings. The molecule has 1 amide bonds. The van der Waals surface area contributed by atoms with E-state index in [-0.39, 0.29) is 5.91 Å². The molecule has 4 nitrogen and oxygen atoms in total. The van der Waals surface area contributed by atoms with Gasteiger partial charge in [-0.25, -0.2) is 0 Å². The first-order valence-corrected chi connectivity index (χ1v) is 6.96. The fraction of sp³-hybridized carbons (Fsp3) is 0.385. The first-order valence-electron chi connectivity index (χ1n) is 6.08. The van der Waals surface area contributed by atoms with E-state index in [9.17, 15) is 4.79 Å². The summed E-state index contributed by atoms with van der Waals surface area (Å²) in [7, 11) is 1.97.